The van der Waals surface area contributed by atoms with Gasteiger partial charge < -0.3 is 4.98 Å². The molecule has 0 aliphatic heterocycles. The smallest absolute Gasteiger partial charge is 0.265 e. The van der Waals surface area contributed by atoms with Gasteiger partial charge >= 0.3 is 0 Å². The van der Waals surface area contributed by atoms with Gasteiger partial charge in [0.2, 0.25) is 0 Å². The summed E-state index contributed by atoms with van der Waals surface area (Å²) in [5.74, 6) is 0.840. The molecule has 2 aromatic rings. The van der Waals surface area contributed by atoms with Gasteiger partial charge in [0, 0.05) is 5.56 Å². The summed E-state index contributed by atoms with van der Waals surface area (Å²) in [6.07, 6.45) is 0. The van der Waals surface area contributed by atoms with Crippen LogP contribution in [0.4, 0.5) is 0 Å². The number of nitrogens with zero attached hydrogens (tertiary/aromatic N) is 1. The first kappa shape index (κ1) is 14.0. The molecule has 0 radical (unpaired) electrons. The Morgan fingerprint density at radius 3 is 2.32 bits per heavy atom. The lowest BCUT2D eigenvalue weighted by Gasteiger charge is -2.12. The fourth-order valence-electron chi connectivity index (χ4n) is 2.17. The van der Waals surface area contributed by atoms with Crippen molar-refractivity contribution in [3.05, 3.63) is 49.8 Å². The Balaban J connectivity index is 2.74. The van der Waals surface area contributed by atoms with Crippen LogP contribution in [0.3, 0.4) is 0 Å². The van der Waals surface area contributed by atoms with Gasteiger partial charge in [-0.05, 0) is 46.8 Å². The number of halogens is 1. The third kappa shape index (κ3) is 2.63. The predicted octanol–water partition coefficient (Wildman–Crippen LogP) is 3.94. The zero-order valence-electron chi connectivity index (χ0n) is 11.5. The maximum Gasteiger partial charge on any atom is 0.265 e. The Kier molecular flexibility index (Phi) is 3.90. The fraction of sp³-hybridized carbons (Fsp3) is 0.333. The topological polar surface area (TPSA) is 45.8 Å². The molecule has 0 aliphatic carbocycles. The van der Waals surface area contributed by atoms with Crippen LogP contribution in [-0.2, 0) is 0 Å². The van der Waals surface area contributed by atoms with Crippen molar-refractivity contribution in [3.63, 3.8) is 0 Å². The molecule has 0 saturated heterocycles. The lowest BCUT2D eigenvalue weighted by atomic mass is 10.0. The normalized spacial score (nSPS) is 11.1. The van der Waals surface area contributed by atoms with Crippen LogP contribution in [0, 0.1) is 13.8 Å². The quantitative estimate of drug-likeness (QED) is 0.910. The Morgan fingerprint density at radius 1 is 1.21 bits per heavy atom. The van der Waals surface area contributed by atoms with E-state index in [9.17, 15) is 4.79 Å². The Labute approximate surface area is 121 Å². The number of hydrogen-bond donors (Lipinski definition) is 1. The first-order valence-corrected chi connectivity index (χ1v) is 7.07. The number of aryl methyl sites for hydroxylation is 2. The molecule has 19 heavy (non-hydrogen) atoms. The van der Waals surface area contributed by atoms with Gasteiger partial charge in [0.05, 0.1) is 5.69 Å². The molecule has 100 valence electrons. The second-order valence-corrected chi connectivity index (χ2v) is 5.83. The Hall–Kier alpha value is -1.42. The first-order chi connectivity index (χ1) is 8.91. The Bertz CT molecular complexity index is 654. The third-order valence-electron chi connectivity index (χ3n) is 3.15. The SMILES string of the molecule is Cc1cccc(C)c1-c1nc(C(C)C)c(Br)c(=O)[nH]1. The molecule has 0 saturated carbocycles. The molecule has 1 heterocycles. The van der Waals surface area contributed by atoms with Gasteiger partial charge in [-0.3, -0.25) is 4.79 Å². The van der Waals surface area contributed by atoms with Gasteiger partial charge in [-0.25, -0.2) is 4.98 Å². The largest absolute Gasteiger partial charge is 0.306 e. The van der Waals surface area contributed by atoms with Crippen LogP contribution in [0.1, 0.15) is 36.6 Å². The molecule has 1 aromatic heterocycles. The number of aromatic amines is 1. The lowest BCUT2D eigenvalue weighted by molar-refractivity contribution is 0.803. The highest BCUT2D eigenvalue weighted by molar-refractivity contribution is 9.10. The highest BCUT2D eigenvalue weighted by Gasteiger charge is 2.15. The number of hydrogen-bond acceptors (Lipinski definition) is 2. The summed E-state index contributed by atoms with van der Waals surface area (Å²) in [7, 11) is 0. The molecule has 0 bridgehead atoms. The maximum atomic E-state index is 12.0. The van der Waals surface area contributed by atoms with Gasteiger partial charge in [0.1, 0.15) is 10.3 Å². The van der Waals surface area contributed by atoms with Crippen molar-refractivity contribution in [1.29, 1.82) is 0 Å². The molecular weight excluding hydrogens is 304 g/mol. The molecule has 0 atom stereocenters. The summed E-state index contributed by atoms with van der Waals surface area (Å²) in [4.78, 5) is 19.5. The van der Waals surface area contributed by atoms with Gasteiger partial charge in [-0.15, -0.1) is 0 Å². The van der Waals surface area contributed by atoms with E-state index >= 15 is 0 Å². The van der Waals surface area contributed by atoms with Gasteiger partial charge in [-0.2, -0.15) is 0 Å². The summed E-state index contributed by atoms with van der Waals surface area (Å²) in [6, 6.07) is 6.06. The zero-order valence-corrected chi connectivity index (χ0v) is 13.1. The van der Waals surface area contributed by atoms with E-state index in [0.717, 1.165) is 22.4 Å². The van der Waals surface area contributed by atoms with Gasteiger partial charge in [-0.1, -0.05) is 32.0 Å². The van der Waals surface area contributed by atoms with E-state index in [2.05, 4.69) is 25.9 Å². The molecule has 0 fully saturated rings. The highest BCUT2D eigenvalue weighted by Crippen LogP contribution is 2.26. The van der Waals surface area contributed by atoms with Crippen LogP contribution in [-0.4, -0.2) is 9.97 Å². The molecule has 0 amide bonds. The third-order valence-corrected chi connectivity index (χ3v) is 3.92. The van der Waals surface area contributed by atoms with E-state index in [1.807, 2.05) is 45.9 Å². The van der Waals surface area contributed by atoms with E-state index in [4.69, 9.17) is 0 Å². The second kappa shape index (κ2) is 5.29. The van der Waals surface area contributed by atoms with E-state index < -0.39 is 0 Å². The number of aromatic nitrogens is 2. The van der Waals surface area contributed by atoms with Crippen molar-refractivity contribution < 1.29 is 0 Å². The van der Waals surface area contributed by atoms with Crippen LogP contribution in [0.2, 0.25) is 0 Å². The molecule has 3 nitrogen and oxygen atoms in total. The fourth-order valence-corrected chi connectivity index (χ4v) is 2.81. The molecule has 0 unspecified atom stereocenters. The monoisotopic (exact) mass is 320 g/mol. The summed E-state index contributed by atoms with van der Waals surface area (Å²) in [6.45, 7) is 8.11. The highest BCUT2D eigenvalue weighted by atomic mass is 79.9. The summed E-state index contributed by atoms with van der Waals surface area (Å²) in [5, 5.41) is 0. The summed E-state index contributed by atoms with van der Waals surface area (Å²) < 4.78 is 0.525. The average molecular weight is 321 g/mol. The van der Waals surface area contributed by atoms with Crippen molar-refractivity contribution in [2.24, 2.45) is 0 Å². The van der Waals surface area contributed by atoms with Crippen LogP contribution in [0.5, 0.6) is 0 Å². The minimum Gasteiger partial charge on any atom is -0.306 e. The van der Waals surface area contributed by atoms with Crippen LogP contribution in [0.15, 0.2) is 27.5 Å². The van der Waals surface area contributed by atoms with Crippen molar-refractivity contribution in [1.82, 2.24) is 9.97 Å². The minimum absolute atomic E-state index is 0.128. The van der Waals surface area contributed by atoms with Gasteiger partial charge in [0.25, 0.3) is 5.56 Å². The van der Waals surface area contributed by atoms with Gasteiger partial charge in [0.15, 0.2) is 0 Å². The lowest BCUT2D eigenvalue weighted by Crippen LogP contribution is -2.15. The van der Waals surface area contributed by atoms with E-state index in [-0.39, 0.29) is 11.5 Å². The molecule has 1 aromatic carbocycles. The maximum absolute atomic E-state index is 12.0. The summed E-state index contributed by atoms with van der Waals surface area (Å²) >= 11 is 3.32. The average Bonchev–Trinajstić information content (AvgIpc) is 2.32. The molecule has 2 rings (SSSR count). The molecule has 0 spiro atoms. The first-order valence-electron chi connectivity index (χ1n) is 6.28. The molecule has 0 aliphatic rings. The molecule has 1 N–H and O–H groups in total. The number of benzene rings is 1. The van der Waals surface area contributed by atoms with Crippen LogP contribution < -0.4 is 5.56 Å². The van der Waals surface area contributed by atoms with Crippen molar-refractivity contribution in [2.45, 2.75) is 33.6 Å². The second-order valence-electron chi connectivity index (χ2n) is 5.04. The number of H-pyrrole nitrogens is 1. The number of rotatable bonds is 2. The van der Waals surface area contributed by atoms with Crippen molar-refractivity contribution in [2.75, 3.05) is 0 Å². The van der Waals surface area contributed by atoms with Crippen molar-refractivity contribution >= 4 is 15.9 Å². The molecular formula is C15H17BrN2O. The molecule has 4 heteroatoms. The van der Waals surface area contributed by atoms with E-state index in [1.165, 1.54) is 0 Å². The van der Waals surface area contributed by atoms with E-state index in [1.54, 1.807) is 0 Å². The predicted molar refractivity (Wildman–Crippen MR) is 81.6 cm³/mol. The summed E-state index contributed by atoms with van der Waals surface area (Å²) in [5.41, 5.74) is 3.90. The van der Waals surface area contributed by atoms with E-state index in [0.29, 0.717) is 10.3 Å². The van der Waals surface area contributed by atoms with Crippen molar-refractivity contribution in [3.8, 4) is 11.4 Å². The standard InChI is InChI=1S/C15H17BrN2O/c1-8(2)13-12(16)15(19)18-14(17-13)11-9(3)6-5-7-10(11)4/h5-8H,1-4H3,(H,17,18,19). The minimum atomic E-state index is -0.128. The Morgan fingerprint density at radius 2 is 1.79 bits per heavy atom. The number of nitrogens with one attached hydrogen (secondary N) is 1. The zero-order chi connectivity index (χ0) is 14.2. The van der Waals surface area contributed by atoms with Crippen LogP contribution >= 0.6 is 15.9 Å². The van der Waals surface area contributed by atoms with Crippen LogP contribution in [0.25, 0.3) is 11.4 Å².